The van der Waals surface area contributed by atoms with Crippen molar-refractivity contribution in [1.82, 2.24) is 4.98 Å². The van der Waals surface area contributed by atoms with Crippen molar-refractivity contribution in [2.75, 3.05) is 11.9 Å². The number of nitrogens with zero attached hydrogens (tertiary/aromatic N) is 2. The van der Waals surface area contributed by atoms with Crippen LogP contribution < -0.4 is 20.5 Å². The number of aliphatic imine (C=N–C) groups is 1. The molecule has 0 amide bonds. The molecule has 0 spiro atoms. The standard InChI is InChI=1S/C23H26N4O2.HI/c1-4-28-20-7-5-6-8-21(20)29-22-12-10-18(14-25-22)15-26-23(24)27-19-11-9-16(2)17(3)13-19;/h5-14H,4,15H2,1-3H3,(H3,24,26,27);1H. The number of nitrogens with two attached hydrogens (primary N) is 1. The molecule has 0 radical (unpaired) electrons. The number of aryl methyl sites for hydroxylation is 2. The summed E-state index contributed by atoms with van der Waals surface area (Å²) in [5, 5.41) is 3.11. The predicted molar refractivity (Wildman–Crippen MR) is 132 cm³/mol. The number of anilines is 1. The molecule has 0 bridgehead atoms. The molecule has 3 aromatic rings. The second-order valence-electron chi connectivity index (χ2n) is 6.61. The van der Waals surface area contributed by atoms with Crippen LogP contribution in [0.2, 0.25) is 0 Å². The van der Waals surface area contributed by atoms with Crippen LogP contribution in [0.15, 0.2) is 65.8 Å². The normalized spacial score (nSPS) is 10.8. The Balaban J connectivity index is 0.00000320. The van der Waals surface area contributed by atoms with E-state index in [1.165, 1.54) is 11.1 Å². The Hall–Kier alpha value is -2.81. The molecule has 0 aliphatic heterocycles. The number of hydrogen-bond acceptors (Lipinski definition) is 4. The minimum atomic E-state index is 0. The summed E-state index contributed by atoms with van der Waals surface area (Å²) >= 11 is 0. The van der Waals surface area contributed by atoms with E-state index in [-0.39, 0.29) is 24.0 Å². The third-order valence-corrected chi connectivity index (χ3v) is 4.37. The van der Waals surface area contributed by atoms with Gasteiger partial charge in [0, 0.05) is 18.0 Å². The highest BCUT2D eigenvalue weighted by molar-refractivity contribution is 14.0. The maximum absolute atomic E-state index is 6.00. The highest BCUT2D eigenvalue weighted by Crippen LogP contribution is 2.30. The molecule has 6 nitrogen and oxygen atoms in total. The molecule has 0 aliphatic rings. The average molecular weight is 518 g/mol. The number of para-hydroxylation sites is 2. The van der Waals surface area contributed by atoms with E-state index in [1.54, 1.807) is 12.3 Å². The molecule has 2 aromatic carbocycles. The van der Waals surface area contributed by atoms with E-state index in [4.69, 9.17) is 15.2 Å². The van der Waals surface area contributed by atoms with Crippen LogP contribution in [-0.2, 0) is 6.54 Å². The molecule has 0 saturated heterocycles. The number of aromatic nitrogens is 1. The molecule has 0 saturated carbocycles. The molecule has 0 aliphatic carbocycles. The Morgan fingerprint density at radius 2 is 1.80 bits per heavy atom. The van der Waals surface area contributed by atoms with E-state index in [0.717, 1.165) is 11.3 Å². The van der Waals surface area contributed by atoms with Crippen molar-refractivity contribution >= 4 is 35.6 Å². The summed E-state index contributed by atoms with van der Waals surface area (Å²) in [6, 6.07) is 17.3. The largest absolute Gasteiger partial charge is 0.490 e. The number of hydrogen-bond donors (Lipinski definition) is 2. The van der Waals surface area contributed by atoms with E-state index in [1.807, 2.05) is 49.4 Å². The van der Waals surface area contributed by atoms with Crippen LogP contribution in [0.1, 0.15) is 23.6 Å². The van der Waals surface area contributed by atoms with Crippen LogP contribution in [-0.4, -0.2) is 17.6 Å². The Morgan fingerprint density at radius 3 is 2.47 bits per heavy atom. The van der Waals surface area contributed by atoms with Crippen molar-refractivity contribution in [1.29, 1.82) is 0 Å². The lowest BCUT2D eigenvalue weighted by Crippen LogP contribution is -2.22. The van der Waals surface area contributed by atoms with Crippen LogP contribution in [0.4, 0.5) is 5.69 Å². The Bertz CT molecular complexity index is 991. The highest BCUT2D eigenvalue weighted by Gasteiger charge is 2.06. The van der Waals surface area contributed by atoms with Crippen LogP contribution in [0.25, 0.3) is 0 Å². The average Bonchev–Trinajstić information content (AvgIpc) is 2.72. The van der Waals surface area contributed by atoms with Gasteiger partial charge in [0.25, 0.3) is 0 Å². The van der Waals surface area contributed by atoms with Crippen molar-refractivity contribution in [2.45, 2.75) is 27.3 Å². The second kappa shape index (κ2) is 11.4. The summed E-state index contributed by atoms with van der Waals surface area (Å²) in [6.07, 6.45) is 1.73. The molecule has 158 valence electrons. The molecule has 3 N–H and O–H groups in total. The maximum Gasteiger partial charge on any atom is 0.219 e. The summed E-state index contributed by atoms with van der Waals surface area (Å²) < 4.78 is 11.4. The maximum atomic E-state index is 6.00. The van der Waals surface area contributed by atoms with E-state index in [0.29, 0.717) is 36.5 Å². The number of halogens is 1. The first kappa shape index (κ1) is 23.5. The van der Waals surface area contributed by atoms with Crippen LogP contribution >= 0.6 is 24.0 Å². The highest BCUT2D eigenvalue weighted by atomic mass is 127. The van der Waals surface area contributed by atoms with E-state index in [9.17, 15) is 0 Å². The van der Waals surface area contributed by atoms with Gasteiger partial charge in [0.2, 0.25) is 5.88 Å². The Labute approximate surface area is 194 Å². The molecule has 30 heavy (non-hydrogen) atoms. The quantitative estimate of drug-likeness (QED) is 0.248. The zero-order valence-electron chi connectivity index (χ0n) is 17.4. The molecule has 0 atom stereocenters. The van der Waals surface area contributed by atoms with Gasteiger partial charge in [-0.2, -0.15) is 0 Å². The fourth-order valence-electron chi connectivity index (χ4n) is 2.67. The molecular weight excluding hydrogens is 491 g/mol. The number of nitrogens with one attached hydrogen (secondary N) is 1. The predicted octanol–water partition coefficient (Wildman–Crippen LogP) is 5.43. The molecule has 0 fully saturated rings. The van der Waals surface area contributed by atoms with Gasteiger partial charge in [-0.25, -0.2) is 9.98 Å². The summed E-state index contributed by atoms with van der Waals surface area (Å²) in [7, 11) is 0. The fourth-order valence-corrected chi connectivity index (χ4v) is 2.67. The number of pyridine rings is 1. The number of ether oxygens (including phenoxy) is 2. The summed E-state index contributed by atoms with van der Waals surface area (Å²) in [4.78, 5) is 8.73. The van der Waals surface area contributed by atoms with Crippen molar-refractivity contribution in [2.24, 2.45) is 10.7 Å². The summed E-state index contributed by atoms with van der Waals surface area (Å²) in [5.41, 5.74) is 10.3. The molecule has 1 heterocycles. The first-order chi connectivity index (χ1) is 14.0. The minimum Gasteiger partial charge on any atom is -0.490 e. The van der Waals surface area contributed by atoms with Crippen molar-refractivity contribution < 1.29 is 9.47 Å². The number of benzene rings is 2. The van der Waals surface area contributed by atoms with E-state index in [2.05, 4.69) is 35.2 Å². The van der Waals surface area contributed by atoms with Crippen molar-refractivity contribution in [3.05, 3.63) is 77.5 Å². The van der Waals surface area contributed by atoms with Gasteiger partial charge in [-0.15, -0.1) is 24.0 Å². The van der Waals surface area contributed by atoms with Crippen molar-refractivity contribution in [3.8, 4) is 17.4 Å². The SMILES string of the molecule is CCOc1ccccc1Oc1ccc(CN=C(N)Nc2ccc(C)c(C)c2)cn1.I. The zero-order chi connectivity index (χ0) is 20.6. The van der Waals surface area contributed by atoms with Gasteiger partial charge in [0.05, 0.1) is 13.2 Å². The van der Waals surface area contributed by atoms with Gasteiger partial charge in [-0.05, 0) is 61.7 Å². The molecule has 1 aromatic heterocycles. The smallest absolute Gasteiger partial charge is 0.219 e. The lowest BCUT2D eigenvalue weighted by atomic mass is 10.1. The van der Waals surface area contributed by atoms with E-state index < -0.39 is 0 Å². The van der Waals surface area contributed by atoms with Crippen LogP contribution in [0, 0.1) is 13.8 Å². The van der Waals surface area contributed by atoms with Crippen LogP contribution in [0.3, 0.4) is 0 Å². The number of guanidine groups is 1. The first-order valence-electron chi connectivity index (χ1n) is 9.54. The third-order valence-electron chi connectivity index (χ3n) is 4.37. The van der Waals surface area contributed by atoms with Crippen molar-refractivity contribution in [3.63, 3.8) is 0 Å². The molecule has 3 rings (SSSR count). The van der Waals surface area contributed by atoms with Gasteiger partial charge in [0.15, 0.2) is 17.5 Å². The molecule has 7 heteroatoms. The Kier molecular flexibility index (Phi) is 8.91. The van der Waals surface area contributed by atoms with Crippen LogP contribution in [0.5, 0.6) is 17.4 Å². The van der Waals surface area contributed by atoms with Gasteiger partial charge in [0.1, 0.15) is 0 Å². The Morgan fingerprint density at radius 1 is 1.03 bits per heavy atom. The summed E-state index contributed by atoms with van der Waals surface area (Å²) in [5.74, 6) is 2.18. The third kappa shape index (κ3) is 6.62. The van der Waals surface area contributed by atoms with E-state index >= 15 is 0 Å². The first-order valence-corrected chi connectivity index (χ1v) is 9.54. The number of rotatable bonds is 7. The van der Waals surface area contributed by atoms with Gasteiger partial charge in [-0.1, -0.05) is 24.3 Å². The van der Waals surface area contributed by atoms with Gasteiger partial charge in [-0.3, -0.25) is 0 Å². The summed E-state index contributed by atoms with van der Waals surface area (Å²) in [6.45, 7) is 7.07. The minimum absolute atomic E-state index is 0. The molecule has 0 unspecified atom stereocenters. The lowest BCUT2D eigenvalue weighted by Gasteiger charge is -2.10. The fraction of sp³-hybridized carbons (Fsp3) is 0.217. The molecular formula is C23H27IN4O2. The second-order valence-corrected chi connectivity index (χ2v) is 6.61. The van der Waals surface area contributed by atoms with Gasteiger partial charge >= 0.3 is 0 Å². The van der Waals surface area contributed by atoms with Gasteiger partial charge < -0.3 is 20.5 Å². The topological polar surface area (TPSA) is 81.8 Å². The zero-order valence-corrected chi connectivity index (χ0v) is 19.7. The monoisotopic (exact) mass is 518 g/mol. The lowest BCUT2D eigenvalue weighted by molar-refractivity contribution is 0.319.